The molecule has 0 saturated heterocycles. The third-order valence-corrected chi connectivity index (χ3v) is 3.93. The van der Waals surface area contributed by atoms with E-state index in [1.807, 2.05) is 63.2 Å². The van der Waals surface area contributed by atoms with Crippen molar-refractivity contribution >= 4 is 11.7 Å². The van der Waals surface area contributed by atoms with Crippen molar-refractivity contribution in [3.8, 4) is 0 Å². The molecule has 0 aliphatic heterocycles. The molecule has 3 rings (SSSR count). The molecule has 0 unspecified atom stereocenters. The van der Waals surface area contributed by atoms with Gasteiger partial charge in [-0.15, -0.1) is 0 Å². The van der Waals surface area contributed by atoms with E-state index in [1.165, 1.54) is 0 Å². The predicted octanol–water partition coefficient (Wildman–Crippen LogP) is 4.70. The van der Waals surface area contributed by atoms with E-state index < -0.39 is 0 Å². The average molecular weight is 320 g/mol. The normalized spacial score (nSPS) is 12.0. The predicted molar refractivity (Wildman–Crippen MR) is 94.1 cm³/mol. The fourth-order valence-corrected chi connectivity index (χ4v) is 2.87. The molecule has 4 nitrogen and oxygen atoms in total. The fourth-order valence-electron chi connectivity index (χ4n) is 2.87. The lowest BCUT2D eigenvalue weighted by Gasteiger charge is -2.27. The molecular formula is C20H20N2O2. The van der Waals surface area contributed by atoms with E-state index in [2.05, 4.69) is 11.1 Å². The zero-order valence-corrected chi connectivity index (χ0v) is 14.1. The minimum absolute atomic E-state index is 0.0931. The van der Waals surface area contributed by atoms with Gasteiger partial charge in [0, 0.05) is 11.8 Å². The van der Waals surface area contributed by atoms with Gasteiger partial charge in [0.15, 0.2) is 0 Å². The van der Waals surface area contributed by atoms with Gasteiger partial charge in [0.25, 0.3) is 5.91 Å². The number of aryl methyl sites for hydroxylation is 2. The van der Waals surface area contributed by atoms with Gasteiger partial charge in [-0.1, -0.05) is 23.3 Å². The van der Waals surface area contributed by atoms with Crippen molar-refractivity contribution in [3.05, 3.63) is 83.4 Å². The summed E-state index contributed by atoms with van der Waals surface area (Å²) in [5.41, 5.74) is 2.77. The Labute approximate surface area is 141 Å². The molecule has 24 heavy (non-hydrogen) atoms. The number of anilines is 1. The van der Waals surface area contributed by atoms with Gasteiger partial charge in [0.1, 0.15) is 11.6 Å². The van der Waals surface area contributed by atoms with E-state index in [0.717, 1.165) is 16.9 Å². The Morgan fingerprint density at radius 1 is 1.08 bits per heavy atom. The van der Waals surface area contributed by atoms with Crippen LogP contribution < -0.4 is 4.90 Å². The highest BCUT2D eigenvalue weighted by Crippen LogP contribution is 2.28. The summed E-state index contributed by atoms with van der Waals surface area (Å²) in [6.45, 7) is 5.92. The molecule has 0 spiro atoms. The van der Waals surface area contributed by atoms with Crippen molar-refractivity contribution in [2.75, 3.05) is 4.90 Å². The van der Waals surface area contributed by atoms with E-state index in [1.54, 1.807) is 17.4 Å². The number of amides is 1. The Kier molecular flexibility index (Phi) is 4.47. The van der Waals surface area contributed by atoms with Gasteiger partial charge >= 0.3 is 0 Å². The maximum Gasteiger partial charge on any atom is 0.260 e. The lowest BCUT2D eigenvalue weighted by molar-refractivity contribution is 0.0974. The van der Waals surface area contributed by atoms with E-state index in [-0.39, 0.29) is 11.9 Å². The zero-order valence-electron chi connectivity index (χ0n) is 14.1. The Hall–Kier alpha value is -2.88. The van der Waals surface area contributed by atoms with Crippen molar-refractivity contribution in [3.63, 3.8) is 0 Å². The zero-order chi connectivity index (χ0) is 17.1. The van der Waals surface area contributed by atoms with Crippen molar-refractivity contribution in [1.29, 1.82) is 0 Å². The van der Waals surface area contributed by atoms with Crippen molar-refractivity contribution in [2.24, 2.45) is 0 Å². The maximum atomic E-state index is 13.2. The minimum Gasteiger partial charge on any atom is -0.467 e. The fraction of sp³-hybridized carbons (Fsp3) is 0.200. The number of carbonyl (C=O) groups is 1. The van der Waals surface area contributed by atoms with Crippen LogP contribution in [0.4, 0.5) is 5.82 Å². The van der Waals surface area contributed by atoms with Crippen molar-refractivity contribution in [1.82, 2.24) is 4.98 Å². The van der Waals surface area contributed by atoms with E-state index in [9.17, 15) is 4.79 Å². The van der Waals surface area contributed by atoms with Gasteiger partial charge in [-0.3, -0.25) is 9.69 Å². The topological polar surface area (TPSA) is 46.3 Å². The van der Waals surface area contributed by atoms with E-state index in [4.69, 9.17) is 4.42 Å². The molecule has 0 saturated carbocycles. The quantitative estimate of drug-likeness (QED) is 0.700. The molecule has 0 aliphatic carbocycles. The molecule has 2 aromatic heterocycles. The van der Waals surface area contributed by atoms with Gasteiger partial charge in [-0.05, 0) is 57.2 Å². The van der Waals surface area contributed by atoms with Gasteiger partial charge < -0.3 is 4.42 Å². The highest BCUT2D eigenvalue weighted by Gasteiger charge is 2.27. The number of rotatable bonds is 4. The standard InChI is InChI=1S/C20H20N2O2/c1-14-11-15(2)13-17(12-14)20(23)22(19-8-4-5-9-21-19)16(3)18-7-6-10-24-18/h4-13,16H,1-3H3/t16-/m1/s1. The second-order valence-electron chi connectivity index (χ2n) is 5.93. The SMILES string of the molecule is Cc1cc(C)cc(C(=O)N(c2ccccn2)[C@H](C)c2ccco2)c1. The highest BCUT2D eigenvalue weighted by molar-refractivity contribution is 6.06. The molecule has 0 N–H and O–H groups in total. The number of furan rings is 1. The van der Waals surface area contributed by atoms with Crippen molar-refractivity contribution < 1.29 is 9.21 Å². The summed E-state index contributed by atoms with van der Waals surface area (Å²) in [4.78, 5) is 19.3. The smallest absolute Gasteiger partial charge is 0.260 e. The van der Waals surface area contributed by atoms with Crippen LogP contribution in [0.25, 0.3) is 0 Å². The van der Waals surface area contributed by atoms with Crippen LogP contribution in [0.1, 0.15) is 40.2 Å². The molecule has 0 bridgehead atoms. The minimum atomic E-state index is -0.261. The lowest BCUT2D eigenvalue weighted by Crippen LogP contribution is -2.34. The van der Waals surface area contributed by atoms with Gasteiger partial charge in [-0.2, -0.15) is 0 Å². The van der Waals surface area contributed by atoms with E-state index in [0.29, 0.717) is 11.4 Å². The third-order valence-electron chi connectivity index (χ3n) is 3.93. The van der Waals surface area contributed by atoms with Crippen LogP contribution in [0.5, 0.6) is 0 Å². The number of pyridine rings is 1. The van der Waals surface area contributed by atoms with Crippen LogP contribution in [0.2, 0.25) is 0 Å². The summed E-state index contributed by atoms with van der Waals surface area (Å²) < 4.78 is 5.51. The number of carbonyl (C=O) groups excluding carboxylic acids is 1. The summed E-state index contributed by atoms with van der Waals surface area (Å²) >= 11 is 0. The Morgan fingerprint density at radius 3 is 2.42 bits per heavy atom. The molecule has 1 aromatic carbocycles. The first-order valence-corrected chi connectivity index (χ1v) is 7.92. The molecule has 0 radical (unpaired) electrons. The largest absolute Gasteiger partial charge is 0.467 e. The highest BCUT2D eigenvalue weighted by atomic mass is 16.3. The van der Waals surface area contributed by atoms with Crippen LogP contribution in [0.3, 0.4) is 0 Å². The summed E-state index contributed by atoms with van der Waals surface area (Å²) in [7, 11) is 0. The molecule has 0 aliphatic rings. The second-order valence-corrected chi connectivity index (χ2v) is 5.93. The summed E-state index contributed by atoms with van der Waals surface area (Å²) in [6.07, 6.45) is 3.30. The van der Waals surface area contributed by atoms with Gasteiger partial charge in [-0.25, -0.2) is 4.98 Å². The molecule has 1 atom stereocenters. The van der Waals surface area contributed by atoms with Crippen LogP contribution in [0.15, 0.2) is 65.4 Å². The molecular weight excluding hydrogens is 300 g/mol. The summed E-state index contributed by atoms with van der Waals surface area (Å²) in [5.74, 6) is 1.23. The average Bonchev–Trinajstić information content (AvgIpc) is 3.09. The molecule has 2 heterocycles. The summed E-state index contributed by atoms with van der Waals surface area (Å²) in [6, 6.07) is 14.8. The van der Waals surface area contributed by atoms with E-state index >= 15 is 0 Å². The first-order chi connectivity index (χ1) is 11.6. The number of nitrogens with zero attached hydrogens (tertiary/aromatic N) is 2. The number of aromatic nitrogens is 1. The summed E-state index contributed by atoms with van der Waals surface area (Å²) in [5, 5.41) is 0. The van der Waals surface area contributed by atoms with Gasteiger partial charge in [0.05, 0.1) is 12.3 Å². The van der Waals surface area contributed by atoms with Crippen molar-refractivity contribution in [2.45, 2.75) is 26.8 Å². The van der Waals surface area contributed by atoms with Gasteiger partial charge in [0.2, 0.25) is 0 Å². The number of benzene rings is 1. The molecule has 122 valence electrons. The number of hydrogen-bond acceptors (Lipinski definition) is 3. The first-order valence-electron chi connectivity index (χ1n) is 7.92. The molecule has 0 fully saturated rings. The second kappa shape index (κ2) is 6.71. The van der Waals surface area contributed by atoms with Crippen LogP contribution >= 0.6 is 0 Å². The molecule has 4 heteroatoms. The van der Waals surface area contributed by atoms with Crippen LogP contribution in [-0.2, 0) is 0 Å². The Bertz CT molecular complexity index is 806. The lowest BCUT2D eigenvalue weighted by atomic mass is 10.1. The first kappa shape index (κ1) is 16.0. The monoisotopic (exact) mass is 320 g/mol. The third kappa shape index (κ3) is 3.23. The molecule has 1 amide bonds. The Morgan fingerprint density at radius 2 is 1.83 bits per heavy atom. The Balaban J connectivity index is 2.05. The maximum absolute atomic E-state index is 13.2. The molecule has 3 aromatic rings. The van der Waals surface area contributed by atoms with Crippen LogP contribution in [0, 0.1) is 13.8 Å². The van der Waals surface area contributed by atoms with Crippen LogP contribution in [-0.4, -0.2) is 10.9 Å². The number of hydrogen-bond donors (Lipinski definition) is 0.